The summed E-state index contributed by atoms with van der Waals surface area (Å²) < 4.78 is 5.50. The van der Waals surface area contributed by atoms with Gasteiger partial charge in [-0.05, 0) is 55.8 Å². The number of aromatic nitrogens is 3. The molecule has 22 heavy (non-hydrogen) atoms. The van der Waals surface area contributed by atoms with E-state index in [1.165, 1.54) is 5.56 Å². The number of rotatable bonds is 2. The van der Waals surface area contributed by atoms with E-state index in [4.69, 9.17) is 4.42 Å². The van der Waals surface area contributed by atoms with E-state index in [2.05, 4.69) is 36.2 Å². The van der Waals surface area contributed by atoms with Crippen molar-refractivity contribution >= 4 is 11.0 Å². The molecule has 0 unspecified atom stereocenters. The summed E-state index contributed by atoms with van der Waals surface area (Å²) in [7, 11) is 0. The maximum absolute atomic E-state index is 5.50. The van der Waals surface area contributed by atoms with Crippen LogP contribution in [0, 0.1) is 13.8 Å². The van der Waals surface area contributed by atoms with Gasteiger partial charge >= 0.3 is 0 Å². The normalized spacial score (nSPS) is 11.2. The summed E-state index contributed by atoms with van der Waals surface area (Å²) in [6.07, 6.45) is 1.68. The topological polar surface area (TPSA) is 43.9 Å². The van der Waals surface area contributed by atoms with E-state index in [1.54, 1.807) is 11.1 Å². The van der Waals surface area contributed by atoms with Gasteiger partial charge in [-0.1, -0.05) is 17.7 Å². The highest BCUT2D eigenvalue weighted by Crippen LogP contribution is 2.27. The van der Waals surface area contributed by atoms with Crippen LogP contribution in [0.3, 0.4) is 0 Å². The molecule has 0 radical (unpaired) electrons. The Morgan fingerprint density at radius 3 is 2.32 bits per heavy atom. The van der Waals surface area contributed by atoms with Crippen molar-refractivity contribution < 1.29 is 4.42 Å². The lowest BCUT2D eigenvalue weighted by Crippen LogP contribution is -1.97. The van der Waals surface area contributed by atoms with Crippen LogP contribution in [-0.2, 0) is 0 Å². The number of fused-ring (bicyclic) bond motifs is 1. The molecule has 0 saturated heterocycles. The van der Waals surface area contributed by atoms with Crippen molar-refractivity contribution in [2.45, 2.75) is 13.8 Å². The zero-order valence-electron chi connectivity index (χ0n) is 12.4. The maximum Gasteiger partial charge on any atom is 0.134 e. The fourth-order valence-corrected chi connectivity index (χ4v) is 2.56. The van der Waals surface area contributed by atoms with Crippen molar-refractivity contribution in [3.8, 4) is 17.0 Å². The fourth-order valence-electron chi connectivity index (χ4n) is 2.56. The smallest absolute Gasteiger partial charge is 0.134 e. The molecule has 108 valence electrons. The van der Waals surface area contributed by atoms with Gasteiger partial charge in [0.15, 0.2) is 0 Å². The Kier molecular flexibility index (Phi) is 2.82. The molecule has 0 aliphatic carbocycles. The first kappa shape index (κ1) is 12.8. The monoisotopic (exact) mass is 289 g/mol. The second kappa shape index (κ2) is 4.84. The number of hydrogen-bond acceptors (Lipinski definition) is 3. The third-order valence-corrected chi connectivity index (χ3v) is 3.78. The molecule has 0 amide bonds. The van der Waals surface area contributed by atoms with Gasteiger partial charge in [-0.3, -0.25) is 0 Å². The number of nitrogens with zero attached hydrogens (tertiary/aromatic N) is 3. The highest BCUT2D eigenvalue weighted by Gasteiger charge is 2.11. The molecule has 4 heteroatoms. The van der Waals surface area contributed by atoms with Gasteiger partial charge < -0.3 is 4.42 Å². The Bertz CT molecular complexity index is 935. The SMILES string of the molecule is Cc1ccc(-n2nc3cc(C)c(-c4ccco4)cc3n2)cc1. The molecule has 4 aromatic rings. The molecule has 0 aliphatic heterocycles. The lowest BCUT2D eigenvalue weighted by atomic mass is 10.1. The summed E-state index contributed by atoms with van der Waals surface area (Å²) in [5, 5.41) is 9.16. The zero-order chi connectivity index (χ0) is 15.1. The molecule has 0 fully saturated rings. The van der Waals surface area contributed by atoms with E-state index in [1.807, 2.05) is 36.4 Å². The molecule has 4 rings (SSSR count). The molecule has 0 spiro atoms. The molecule has 0 saturated carbocycles. The molecule has 2 aromatic carbocycles. The van der Waals surface area contributed by atoms with Crippen LogP contribution in [0.5, 0.6) is 0 Å². The van der Waals surface area contributed by atoms with Gasteiger partial charge in [-0.2, -0.15) is 4.80 Å². The minimum Gasteiger partial charge on any atom is -0.464 e. The molecule has 2 aromatic heterocycles. The van der Waals surface area contributed by atoms with Crippen molar-refractivity contribution in [2.24, 2.45) is 0 Å². The average Bonchev–Trinajstić information content (AvgIpc) is 3.15. The van der Waals surface area contributed by atoms with Gasteiger partial charge in [0.1, 0.15) is 16.8 Å². The Morgan fingerprint density at radius 2 is 1.64 bits per heavy atom. The number of benzene rings is 2. The molecular weight excluding hydrogens is 274 g/mol. The Labute approximate surface area is 128 Å². The summed E-state index contributed by atoms with van der Waals surface area (Å²) >= 11 is 0. The lowest BCUT2D eigenvalue weighted by Gasteiger charge is -2.01. The fraction of sp³-hybridized carbons (Fsp3) is 0.111. The van der Waals surface area contributed by atoms with Crippen molar-refractivity contribution in [3.05, 3.63) is 65.9 Å². The van der Waals surface area contributed by atoms with E-state index >= 15 is 0 Å². The minimum atomic E-state index is 0.851. The summed E-state index contributed by atoms with van der Waals surface area (Å²) in [5.74, 6) is 0.851. The lowest BCUT2D eigenvalue weighted by molar-refractivity contribution is 0.582. The first-order valence-electron chi connectivity index (χ1n) is 7.19. The molecular formula is C18H15N3O. The van der Waals surface area contributed by atoms with Crippen LogP contribution in [0.15, 0.2) is 59.2 Å². The maximum atomic E-state index is 5.50. The molecule has 4 nitrogen and oxygen atoms in total. The van der Waals surface area contributed by atoms with Crippen LogP contribution >= 0.6 is 0 Å². The second-order valence-corrected chi connectivity index (χ2v) is 5.46. The first-order valence-corrected chi connectivity index (χ1v) is 7.19. The van der Waals surface area contributed by atoms with Gasteiger partial charge in [0, 0.05) is 5.56 Å². The summed E-state index contributed by atoms with van der Waals surface area (Å²) in [5.41, 5.74) is 6.09. The Hall–Kier alpha value is -2.88. The summed E-state index contributed by atoms with van der Waals surface area (Å²) in [6, 6.07) is 16.1. The quantitative estimate of drug-likeness (QED) is 0.552. The first-order chi connectivity index (χ1) is 10.7. The van der Waals surface area contributed by atoms with E-state index in [9.17, 15) is 0 Å². The highest BCUT2D eigenvalue weighted by atomic mass is 16.3. The number of furan rings is 1. The van der Waals surface area contributed by atoms with Gasteiger partial charge in [-0.25, -0.2) is 0 Å². The van der Waals surface area contributed by atoms with Gasteiger partial charge in [0.2, 0.25) is 0 Å². The van der Waals surface area contributed by atoms with Crippen LogP contribution in [0.1, 0.15) is 11.1 Å². The van der Waals surface area contributed by atoms with Crippen LogP contribution in [0.4, 0.5) is 0 Å². The van der Waals surface area contributed by atoms with Crippen molar-refractivity contribution in [2.75, 3.05) is 0 Å². The van der Waals surface area contributed by atoms with E-state index in [0.717, 1.165) is 33.6 Å². The van der Waals surface area contributed by atoms with Gasteiger partial charge in [0.05, 0.1) is 12.0 Å². The van der Waals surface area contributed by atoms with Crippen molar-refractivity contribution in [1.82, 2.24) is 15.0 Å². The van der Waals surface area contributed by atoms with Crippen LogP contribution in [0.25, 0.3) is 28.0 Å². The summed E-state index contributed by atoms with van der Waals surface area (Å²) in [4.78, 5) is 1.68. The molecule has 0 atom stereocenters. The highest BCUT2D eigenvalue weighted by molar-refractivity contribution is 5.82. The summed E-state index contributed by atoms with van der Waals surface area (Å²) in [6.45, 7) is 4.12. The van der Waals surface area contributed by atoms with E-state index in [0.29, 0.717) is 0 Å². The largest absolute Gasteiger partial charge is 0.464 e. The van der Waals surface area contributed by atoms with Crippen LogP contribution in [0.2, 0.25) is 0 Å². The molecule has 0 bridgehead atoms. The Balaban J connectivity index is 1.86. The second-order valence-electron chi connectivity index (χ2n) is 5.46. The van der Waals surface area contributed by atoms with E-state index in [-0.39, 0.29) is 0 Å². The standard InChI is InChI=1S/C18H15N3O/c1-12-5-7-14(8-6-12)21-19-16-10-13(2)15(11-17(16)20-21)18-4-3-9-22-18/h3-11H,1-2H3. The number of hydrogen-bond donors (Lipinski definition) is 0. The van der Waals surface area contributed by atoms with E-state index < -0.39 is 0 Å². The zero-order valence-corrected chi connectivity index (χ0v) is 12.4. The van der Waals surface area contributed by atoms with Crippen LogP contribution < -0.4 is 0 Å². The number of aryl methyl sites for hydroxylation is 2. The average molecular weight is 289 g/mol. The van der Waals surface area contributed by atoms with Crippen LogP contribution in [-0.4, -0.2) is 15.0 Å². The Morgan fingerprint density at radius 1 is 0.909 bits per heavy atom. The van der Waals surface area contributed by atoms with Crippen molar-refractivity contribution in [3.63, 3.8) is 0 Å². The van der Waals surface area contributed by atoms with Crippen molar-refractivity contribution in [1.29, 1.82) is 0 Å². The molecule has 0 aliphatic rings. The van der Waals surface area contributed by atoms with Gasteiger partial charge in [0.25, 0.3) is 0 Å². The predicted molar refractivity (Wildman–Crippen MR) is 86.0 cm³/mol. The molecule has 2 heterocycles. The van der Waals surface area contributed by atoms with Gasteiger partial charge in [-0.15, -0.1) is 10.2 Å². The minimum absolute atomic E-state index is 0.851. The predicted octanol–water partition coefficient (Wildman–Crippen LogP) is 4.30. The third-order valence-electron chi connectivity index (χ3n) is 3.78. The third kappa shape index (κ3) is 2.09. The molecule has 0 N–H and O–H groups in total.